The van der Waals surface area contributed by atoms with Crippen LogP contribution < -0.4 is 9.47 Å². The van der Waals surface area contributed by atoms with Gasteiger partial charge >= 0.3 is 0 Å². The average molecular weight is 415 g/mol. The second kappa shape index (κ2) is 10.1. The summed E-state index contributed by atoms with van der Waals surface area (Å²) >= 11 is 0. The highest BCUT2D eigenvalue weighted by Gasteiger charge is 2.37. The molecule has 0 aliphatic carbocycles. The molecule has 0 unspecified atom stereocenters. The molecule has 29 heavy (non-hydrogen) atoms. The van der Waals surface area contributed by atoms with Gasteiger partial charge in [-0.05, 0) is 35.3 Å². The van der Waals surface area contributed by atoms with Gasteiger partial charge in [0.25, 0.3) is 0 Å². The zero-order valence-electron chi connectivity index (χ0n) is 18.6. The summed E-state index contributed by atoms with van der Waals surface area (Å²) in [6.45, 7) is 16.3. The lowest BCUT2D eigenvalue weighted by Crippen LogP contribution is -2.40. The highest BCUT2D eigenvalue weighted by atomic mass is 28.4. The van der Waals surface area contributed by atoms with E-state index in [2.05, 4.69) is 40.4 Å². The van der Waals surface area contributed by atoms with E-state index in [1.165, 1.54) is 0 Å². The fourth-order valence-corrected chi connectivity index (χ4v) is 3.46. The van der Waals surface area contributed by atoms with Gasteiger partial charge < -0.3 is 18.6 Å². The topological polar surface area (TPSA) is 36.9 Å². The summed E-state index contributed by atoms with van der Waals surface area (Å²) in [6, 6.07) is 14.0. The highest BCUT2D eigenvalue weighted by Crippen LogP contribution is 2.39. The molecule has 0 aromatic heterocycles. The molecule has 0 atom stereocenters. The van der Waals surface area contributed by atoms with Crippen LogP contribution in [0.15, 0.2) is 49.0 Å². The van der Waals surface area contributed by atoms with E-state index in [0.717, 1.165) is 22.4 Å². The Morgan fingerprint density at radius 1 is 1.00 bits per heavy atom. The smallest absolute Gasteiger partial charge is 0.192 e. The minimum Gasteiger partial charge on any atom is -0.489 e. The van der Waals surface area contributed by atoms with E-state index in [-0.39, 0.29) is 11.8 Å². The first-order valence-electron chi connectivity index (χ1n) is 9.89. The van der Waals surface area contributed by atoms with Crippen molar-refractivity contribution in [3.63, 3.8) is 0 Å². The predicted molar refractivity (Wildman–Crippen MR) is 122 cm³/mol. The van der Waals surface area contributed by atoms with Crippen LogP contribution in [-0.2, 0) is 22.4 Å². The Morgan fingerprint density at radius 2 is 1.69 bits per heavy atom. The molecule has 0 amide bonds. The summed E-state index contributed by atoms with van der Waals surface area (Å²) in [4.78, 5) is 0. The molecule has 158 valence electrons. The Balaban J connectivity index is 2.27. The van der Waals surface area contributed by atoms with Crippen LogP contribution in [0.5, 0.6) is 11.5 Å². The van der Waals surface area contributed by atoms with E-state index in [1.54, 1.807) is 7.11 Å². The molecule has 0 radical (unpaired) electrons. The van der Waals surface area contributed by atoms with E-state index in [0.29, 0.717) is 19.0 Å². The second-order valence-corrected chi connectivity index (χ2v) is 13.4. The van der Waals surface area contributed by atoms with Crippen LogP contribution >= 0.6 is 0 Å². The maximum Gasteiger partial charge on any atom is 0.192 e. The van der Waals surface area contributed by atoms with Crippen molar-refractivity contribution in [2.24, 2.45) is 0 Å². The maximum absolute atomic E-state index is 6.44. The molecule has 0 spiro atoms. The SMILES string of the molecule is C=Cc1cc(OCc2ccccc2)cc(OCOC)c1CO[Si](C)(C)C(C)(C)C. The number of hydrogen-bond acceptors (Lipinski definition) is 4. The molecule has 0 bridgehead atoms. The van der Waals surface area contributed by atoms with Crippen molar-refractivity contribution in [1.29, 1.82) is 0 Å². The standard InChI is InChI=1S/C24H34O4Si/c1-8-20-14-21(26-16-19-12-10-9-11-13-19)15-23(27-18-25-5)22(20)17-28-29(6,7)24(2,3)4/h8-15H,1,16-18H2,2-7H3. The van der Waals surface area contributed by atoms with E-state index in [9.17, 15) is 0 Å². The first-order chi connectivity index (χ1) is 13.7. The van der Waals surface area contributed by atoms with Crippen molar-refractivity contribution >= 4 is 14.4 Å². The molecular weight excluding hydrogens is 380 g/mol. The summed E-state index contributed by atoms with van der Waals surface area (Å²) in [5.41, 5.74) is 3.02. The van der Waals surface area contributed by atoms with Gasteiger partial charge in [0.15, 0.2) is 15.1 Å². The number of hydrogen-bond donors (Lipinski definition) is 0. The van der Waals surface area contributed by atoms with Crippen molar-refractivity contribution in [2.75, 3.05) is 13.9 Å². The van der Waals surface area contributed by atoms with Crippen molar-refractivity contribution in [3.05, 3.63) is 65.7 Å². The predicted octanol–water partition coefficient (Wildman–Crippen LogP) is 6.41. The molecule has 2 rings (SSSR count). The van der Waals surface area contributed by atoms with Crippen LogP contribution in [0.3, 0.4) is 0 Å². The van der Waals surface area contributed by atoms with E-state index in [1.807, 2.05) is 48.5 Å². The van der Waals surface area contributed by atoms with Gasteiger partial charge in [-0.15, -0.1) is 0 Å². The minimum absolute atomic E-state index is 0.133. The number of methoxy groups -OCH3 is 1. The molecule has 4 nitrogen and oxygen atoms in total. The molecule has 0 aliphatic heterocycles. The zero-order valence-corrected chi connectivity index (χ0v) is 19.6. The van der Waals surface area contributed by atoms with Crippen LogP contribution in [0.2, 0.25) is 18.1 Å². The van der Waals surface area contributed by atoms with Gasteiger partial charge in [0, 0.05) is 18.7 Å². The van der Waals surface area contributed by atoms with Crippen LogP contribution in [-0.4, -0.2) is 22.2 Å². The largest absolute Gasteiger partial charge is 0.489 e. The monoisotopic (exact) mass is 414 g/mol. The molecular formula is C24H34O4Si. The fourth-order valence-electron chi connectivity index (χ4n) is 2.52. The summed E-state index contributed by atoms with van der Waals surface area (Å²) in [5.74, 6) is 1.43. The van der Waals surface area contributed by atoms with Crippen LogP contribution in [0.1, 0.15) is 37.5 Å². The molecule has 0 fully saturated rings. The first-order valence-corrected chi connectivity index (χ1v) is 12.8. The number of ether oxygens (including phenoxy) is 3. The molecule has 0 N–H and O–H groups in total. The van der Waals surface area contributed by atoms with Crippen molar-refractivity contribution in [2.45, 2.75) is 52.1 Å². The Labute approximate surface area is 176 Å². The first kappa shape index (κ1) is 23.2. The van der Waals surface area contributed by atoms with E-state index < -0.39 is 8.32 Å². The number of rotatable bonds is 10. The Bertz CT molecular complexity index is 795. The molecule has 0 saturated carbocycles. The van der Waals surface area contributed by atoms with Crippen LogP contribution in [0.25, 0.3) is 6.08 Å². The van der Waals surface area contributed by atoms with Gasteiger partial charge in [-0.2, -0.15) is 0 Å². The van der Waals surface area contributed by atoms with E-state index >= 15 is 0 Å². The summed E-state index contributed by atoms with van der Waals surface area (Å²) < 4.78 is 23.4. The Hall–Kier alpha value is -2.08. The van der Waals surface area contributed by atoms with Gasteiger partial charge in [0.1, 0.15) is 18.1 Å². The maximum atomic E-state index is 6.44. The highest BCUT2D eigenvalue weighted by molar-refractivity contribution is 6.74. The second-order valence-electron chi connectivity index (χ2n) is 8.57. The lowest BCUT2D eigenvalue weighted by Gasteiger charge is -2.36. The molecule has 0 saturated heterocycles. The normalized spacial score (nSPS) is 11.9. The van der Waals surface area contributed by atoms with Gasteiger partial charge in [0.05, 0.1) is 6.61 Å². The Morgan fingerprint density at radius 3 is 2.28 bits per heavy atom. The lowest BCUT2D eigenvalue weighted by molar-refractivity contribution is 0.0493. The molecule has 2 aromatic rings. The van der Waals surface area contributed by atoms with E-state index in [4.69, 9.17) is 18.6 Å². The van der Waals surface area contributed by atoms with Gasteiger partial charge in [-0.3, -0.25) is 0 Å². The summed E-state index contributed by atoms with van der Waals surface area (Å²) in [6.07, 6.45) is 1.82. The quantitative estimate of drug-likeness (QED) is 0.332. The molecule has 0 aliphatic rings. The minimum atomic E-state index is -1.90. The van der Waals surface area contributed by atoms with Gasteiger partial charge in [-0.25, -0.2) is 0 Å². The molecule has 5 heteroatoms. The third-order valence-corrected chi connectivity index (χ3v) is 9.88. The lowest BCUT2D eigenvalue weighted by atomic mass is 10.1. The third-order valence-electron chi connectivity index (χ3n) is 5.40. The zero-order chi connectivity index (χ0) is 21.5. The van der Waals surface area contributed by atoms with Gasteiger partial charge in [-0.1, -0.05) is 63.8 Å². The van der Waals surface area contributed by atoms with Crippen molar-refractivity contribution < 1.29 is 18.6 Å². The summed E-state index contributed by atoms with van der Waals surface area (Å²) in [5, 5.41) is 0.133. The van der Waals surface area contributed by atoms with Crippen LogP contribution in [0, 0.1) is 0 Å². The molecule has 2 aromatic carbocycles. The fraction of sp³-hybridized carbons (Fsp3) is 0.417. The van der Waals surface area contributed by atoms with Crippen molar-refractivity contribution in [1.82, 2.24) is 0 Å². The summed E-state index contributed by atoms with van der Waals surface area (Å²) in [7, 11) is -0.296. The average Bonchev–Trinajstić information content (AvgIpc) is 2.69. The van der Waals surface area contributed by atoms with Gasteiger partial charge in [0.2, 0.25) is 0 Å². The molecule has 0 heterocycles. The third kappa shape index (κ3) is 6.46. The Kier molecular flexibility index (Phi) is 8.08. The van der Waals surface area contributed by atoms with Crippen LogP contribution in [0.4, 0.5) is 0 Å². The van der Waals surface area contributed by atoms with Crippen molar-refractivity contribution in [3.8, 4) is 11.5 Å². The number of benzene rings is 2.